The first-order chi connectivity index (χ1) is 4.85. The molecule has 2 nitrogen and oxygen atoms in total. The summed E-state index contributed by atoms with van der Waals surface area (Å²) in [6.07, 6.45) is 0. The van der Waals surface area contributed by atoms with Gasteiger partial charge in [-0.3, -0.25) is 4.90 Å². The molecular formula is C7H15IN2. The maximum atomic E-state index is 8.21. The van der Waals surface area contributed by atoms with E-state index >= 15 is 0 Å². The summed E-state index contributed by atoms with van der Waals surface area (Å²) in [5.41, 5.74) is 0. The Morgan fingerprint density at radius 1 is 1.30 bits per heavy atom. The Bertz CT molecular complexity index is 84.1. The monoisotopic (exact) mass is 254 g/mol. The molecule has 0 aromatic rings. The van der Waals surface area contributed by atoms with Gasteiger partial charge in [0.05, 0.1) is 12.6 Å². The summed E-state index contributed by atoms with van der Waals surface area (Å²) in [5, 5.41) is 8.21. The normalized spacial score (nSPS) is 8.00. The van der Waals surface area contributed by atoms with Gasteiger partial charge in [0, 0.05) is 0 Å². The SMILES string of the molecule is CCN(CC)CC#N.CI. The highest BCUT2D eigenvalue weighted by molar-refractivity contribution is 14.1. The number of hydrogen-bond donors (Lipinski definition) is 0. The van der Waals surface area contributed by atoms with Crippen LogP contribution in [0.5, 0.6) is 0 Å². The van der Waals surface area contributed by atoms with E-state index in [-0.39, 0.29) is 0 Å². The van der Waals surface area contributed by atoms with Crippen LogP contribution in [0.2, 0.25) is 0 Å². The van der Waals surface area contributed by atoms with Gasteiger partial charge in [0.25, 0.3) is 0 Å². The van der Waals surface area contributed by atoms with Crippen molar-refractivity contribution in [3.63, 3.8) is 0 Å². The standard InChI is InChI=1S/C6H12N2.CH3I/c1-3-8(4-2)6-5-7;1-2/h3-4,6H2,1-2H3;1H3. The van der Waals surface area contributed by atoms with Crippen LogP contribution in [0.3, 0.4) is 0 Å². The predicted octanol–water partition coefficient (Wildman–Crippen LogP) is 1.90. The van der Waals surface area contributed by atoms with Crippen LogP contribution in [-0.4, -0.2) is 29.5 Å². The predicted molar refractivity (Wildman–Crippen MR) is 53.3 cm³/mol. The Morgan fingerprint density at radius 3 is 1.80 bits per heavy atom. The third-order valence-corrected chi connectivity index (χ3v) is 1.19. The average Bonchev–Trinajstić information content (AvgIpc) is 2.04. The second-order valence-corrected chi connectivity index (χ2v) is 1.62. The number of alkyl halides is 1. The fourth-order valence-corrected chi connectivity index (χ4v) is 0.547. The second-order valence-electron chi connectivity index (χ2n) is 1.62. The van der Waals surface area contributed by atoms with Gasteiger partial charge in [-0.15, -0.1) is 0 Å². The van der Waals surface area contributed by atoms with Crippen LogP contribution < -0.4 is 0 Å². The summed E-state index contributed by atoms with van der Waals surface area (Å²) in [7, 11) is 0. The van der Waals surface area contributed by atoms with Crippen LogP contribution in [0, 0.1) is 11.3 Å². The molecule has 3 heteroatoms. The summed E-state index contributed by atoms with van der Waals surface area (Å²) in [6, 6.07) is 2.10. The molecule has 0 aliphatic heterocycles. The van der Waals surface area contributed by atoms with Crippen LogP contribution in [0.25, 0.3) is 0 Å². The van der Waals surface area contributed by atoms with E-state index in [9.17, 15) is 0 Å². The topological polar surface area (TPSA) is 27.0 Å². The summed E-state index contributed by atoms with van der Waals surface area (Å²) in [6.45, 7) is 6.63. The molecule has 0 N–H and O–H groups in total. The summed E-state index contributed by atoms with van der Waals surface area (Å²) >= 11 is 2.15. The molecule has 0 aliphatic carbocycles. The first kappa shape index (κ1) is 12.8. The maximum absolute atomic E-state index is 8.21. The molecule has 0 atom stereocenters. The van der Waals surface area contributed by atoms with Crippen molar-refractivity contribution >= 4 is 22.6 Å². The van der Waals surface area contributed by atoms with Crippen molar-refractivity contribution < 1.29 is 0 Å². The highest BCUT2D eigenvalue weighted by Gasteiger charge is 1.93. The van der Waals surface area contributed by atoms with Crippen LogP contribution in [0.1, 0.15) is 13.8 Å². The lowest BCUT2D eigenvalue weighted by Gasteiger charge is -2.11. The van der Waals surface area contributed by atoms with Crippen LogP contribution in [-0.2, 0) is 0 Å². The summed E-state index contributed by atoms with van der Waals surface area (Å²) < 4.78 is 0. The Labute approximate surface area is 77.3 Å². The van der Waals surface area contributed by atoms with Gasteiger partial charge < -0.3 is 0 Å². The first-order valence-electron chi connectivity index (χ1n) is 3.32. The molecule has 10 heavy (non-hydrogen) atoms. The van der Waals surface area contributed by atoms with Crippen molar-refractivity contribution in [2.75, 3.05) is 24.6 Å². The minimum absolute atomic E-state index is 0.562. The molecule has 0 aliphatic rings. The van der Waals surface area contributed by atoms with Crippen molar-refractivity contribution in [3.8, 4) is 6.07 Å². The fourth-order valence-electron chi connectivity index (χ4n) is 0.547. The van der Waals surface area contributed by atoms with Crippen molar-refractivity contribution in [2.45, 2.75) is 13.8 Å². The van der Waals surface area contributed by atoms with E-state index in [1.54, 1.807) is 0 Å². The zero-order valence-corrected chi connectivity index (χ0v) is 9.05. The molecule has 0 bridgehead atoms. The van der Waals surface area contributed by atoms with E-state index in [1.807, 2.05) is 4.93 Å². The van der Waals surface area contributed by atoms with Crippen LogP contribution >= 0.6 is 22.6 Å². The van der Waals surface area contributed by atoms with Crippen LogP contribution in [0.4, 0.5) is 0 Å². The molecule has 0 aromatic heterocycles. The Morgan fingerprint density at radius 2 is 1.70 bits per heavy atom. The van der Waals surface area contributed by atoms with Gasteiger partial charge in [0.1, 0.15) is 0 Å². The van der Waals surface area contributed by atoms with Crippen molar-refractivity contribution in [2.24, 2.45) is 0 Å². The van der Waals surface area contributed by atoms with Crippen molar-refractivity contribution in [1.29, 1.82) is 5.26 Å². The maximum Gasteiger partial charge on any atom is 0.0865 e. The zero-order valence-electron chi connectivity index (χ0n) is 6.89. The number of nitrogens with zero attached hydrogens (tertiary/aromatic N) is 2. The van der Waals surface area contributed by atoms with Gasteiger partial charge in [-0.2, -0.15) is 5.26 Å². The smallest absolute Gasteiger partial charge is 0.0865 e. The van der Waals surface area contributed by atoms with Gasteiger partial charge >= 0.3 is 0 Å². The average molecular weight is 254 g/mol. The fraction of sp³-hybridized carbons (Fsp3) is 0.857. The molecule has 0 radical (unpaired) electrons. The molecule has 0 saturated carbocycles. The molecule has 0 fully saturated rings. The van der Waals surface area contributed by atoms with E-state index in [0.29, 0.717) is 6.54 Å². The summed E-state index contributed by atoms with van der Waals surface area (Å²) in [5.74, 6) is 0. The van der Waals surface area contributed by atoms with Gasteiger partial charge in [0.2, 0.25) is 0 Å². The largest absolute Gasteiger partial charge is 0.291 e. The molecule has 0 aromatic carbocycles. The van der Waals surface area contributed by atoms with Crippen molar-refractivity contribution in [3.05, 3.63) is 0 Å². The third kappa shape index (κ3) is 8.18. The number of rotatable bonds is 3. The first-order valence-corrected chi connectivity index (χ1v) is 5.48. The molecule has 0 rings (SSSR count). The Hall–Kier alpha value is 0.180. The third-order valence-electron chi connectivity index (χ3n) is 1.19. The molecule has 60 valence electrons. The Kier molecular flexibility index (Phi) is 15.3. The lowest BCUT2D eigenvalue weighted by molar-refractivity contribution is 0.341. The number of hydrogen-bond acceptors (Lipinski definition) is 2. The molecule has 0 unspecified atom stereocenters. The van der Waals surface area contributed by atoms with Gasteiger partial charge in [0.15, 0.2) is 0 Å². The number of nitriles is 1. The number of halogens is 1. The minimum Gasteiger partial charge on any atom is -0.291 e. The van der Waals surface area contributed by atoms with E-state index in [2.05, 4.69) is 47.4 Å². The molecule has 0 saturated heterocycles. The van der Waals surface area contributed by atoms with E-state index in [1.165, 1.54) is 0 Å². The highest BCUT2D eigenvalue weighted by atomic mass is 127. The molecule has 0 amide bonds. The zero-order chi connectivity index (χ0) is 8.41. The Balaban J connectivity index is 0. The van der Waals surface area contributed by atoms with Crippen LogP contribution in [0.15, 0.2) is 0 Å². The minimum atomic E-state index is 0.562. The van der Waals surface area contributed by atoms with Gasteiger partial charge in [-0.05, 0) is 18.0 Å². The van der Waals surface area contributed by atoms with Gasteiger partial charge in [-0.25, -0.2) is 0 Å². The molecular weight excluding hydrogens is 239 g/mol. The quantitative estimate of drug-likeness (QED) is 0.437. The van der Waals surface area contributed by atoms with Crippen molar-refractivity contribution in [1.82, 2.24) is 4.90 Å². The van der Waals surface area contributed by atoms with E-state index in [4.69, 9.17) is 5.26 Å². The molecule has 0 spiro atoms. The van der Waals surface area contributed by atoms with E-state index < -0.39 is 0 Å². The highest BCUT2D eigenvalue weighted by Crippen LogP contribution is 1.81. The van der Waals surface area contributed by atoms with E-state index in [0.717, 1.165) is 13.1 Å². The summed E-state index contributed by atoms with van der Waals surface area (Å²) in [4.78, 5) is 4.04. The second kappa shape index (κ2) is 11.9. The molecule has 0 heterocycles. The lowest BCUT2D eigenvalue weighted by Crippen LogP contribution is -2.22. The van der Waals surface area contributed by atoms with Gasteiger partial charge in [-0.1, -0.05) is 36.4 Å². The lowest BCUT2D eigenvalue weighted by atomic mass is 10.5.